The van der Waals surface area contributed by atoms with Gasteiger partial charge in [-0.25, -0.2) is 10.9 Å². The second kappa shape index (κ2) is 11.5. The fourth-order valence-electron chi connectivity index (χ4n) is 5.42. The number of fused-ring (bicyclic) bond motifs is 3. The Kier molecular flexibility index (Phi) is 7.41. The number of amides is 3. The van der Waals surface area contributed by atoms with Gasteiger partial charge in [0, 0.05) is 53.6 Å². The second-order valence-electron chi connectivity index (χ2n) is 10.5. The van der Waals surface area contributed by atoms with Crippen molar-refractivity contribution in [1.82, 2.24) is 14.8 Å². The Morgan fingerprint density at radius 3 is 2.21 bits per heavy atom. The lowest BCUT2D eigenvalue weighted by molar-refractivity contribution is 0.0664. The largest absolute Gasteiger partial charge is 0.354 e. The molecule has 3 amide bonds. The van der Waals surface area contributed by atoms with E-state index in [9.17, 15) is 14.4 Å². The third kappa shape index (κ3) is 5.34. The quantitative estimate of drug-likeness (QED) is 0.123. The maximum absolute atomic E-state index is 13.2. The van der Waals surface area contributed by atoms with Crippen LogP contribution in [0.5, 0.6) is 0 Å². The molecule has 1 aliphatic rings. The summed E-state index contributed by atoms with van der Waals surface area (Å²) in [6.45, 7) is 3.01. The van der Waals surface area contributed by atoms with Gasteiger partial charge >= 0.3 is 0 Å². The third-order valence-electron chi connectivity index (χ3n) is 7.84. The Morgan fingerprint density at radius 1 is 0.814 bits per heavy atom. The van der Waals surface area contributed by atoms with Crippen molar-refractivity contribution in [3.63, 3.8) is 0 Å². The number of rotatable bonds is 5. The molecule has 5 aromatic rings. The van der Waals surface area contributed by atoms with E-state index in [0.717, 1.165) is 45.5 Å². The van der Waals surface area contributed by atoms with E-state index in [2.05, 4.69) is 20.2 Å². The number of piperazine rings is 1. The number of likely N-dealkylation sites (N-methyl/N-ethyl adjacent to an activating group) is 1. The molecule has 0 spiro atoms. The maximum Gasteiger partial charge on any atom is 0.299 e. The Bertz CT molecular complexity index is 1870. The van der Waals surface area contributed by atoms with Crippen molar-refractivity contribution < 1.29 is 14.4 Å². The number of para-hydroxylation sites is 1. The van der Waals surface area contributed by atoms with E-state index in [1.54, 1.807) is 42.5 Å². The van der Waals surface area contributed by atoms with E-state index in [4.69, 9.17) is 11.7 Å². The lowest BCUT2D eigenvalue weighted by Crippen LogP contribution is -2.47. The molecule has 0 saturated carbocycles. The molecule has 216 valence electrons. The van der Waals surface area contributed by atoms with Crippen LogP contribution in [-0.2, 0) is 0 Å². The molecule has 0 atom stereocenters. The zero-order chi connectivity index (χ0) is 30.1. The summed E-state index contributed by atoms with van der Waals surface area (Å²) < 4.78 is 0. The predicted octanol–water partition coefficient (Wildman–Crippen LogP) is 4.36. The van der Waals surface area contributed by atoms with E-state index in [0.29, 0.717) is 35.4 Å². The van der Waals surface area contributed by atoms with Crippen LogP contribution in [0.1, 0.15) is 31.1 Å². The zero-order valence-corrected chi connectivity index (χ0v) is 23.5. The summed E-state index contributed by atoms with van der Waals surface area (Å²) in [6.07, 6.45) is 0. The van der Waals surface area contributed by atoms with Crippen molar-refractivity contribution in [1.29, 1.82) is 0 Å². The monoisotopic (exact) mass is 574 g/mol. The van der Waals surface area contributed by atoms with Gasteiger partial charge < -0.3 is 20.6 Å². The van der Waals surface area contributed by atoms with Gasteiger partial charge in [-0.2, -0.15) is 0 Å². The predicted molar refractivity (Wildman–Crippen MR) is 165 cm³/mol. The number of H-pyrrole nitrogens is 1. The summed E-state index contributed by atoms with van der Waals surface area (Å²) in [7, 11) is 2.04. The molecule has 0 bridgehead atoms. The first-order valence-electron chi connectivity index (χ1n) is 13.8. The Labute approximate surface area is 247 Å². The average molecular weight is 575 g/mol. The number of anilines is 1. The van der Waals surface area contributed by atoms with Crippen LogP contribution in [0.4, 0.5) is 5.69 Å². The lowest BCUT2D eigenvalue weighted by Gasteiger charge is -2.32. The van der Waals surface area contributed by atoms with E-state index in [1.165, 1.54) is 0 Å². The number of nitrogens with two attached hydrogens (primary N) is 2. The number of carbonyl (C=O) groups is 3. The lowest BCUT2D eigenvalue weighted by atomic mass is 9.97. The molecule has 1 saturated heterocycles. The molecule has 11 heteroatoms. The molecule has 6 rings (SSSR count). The molecule has 2 heterocycles. The number of nitrogens with one attached hydrogen (secondary N) is 1. The van der Waals surface area contributed by atoms with Gasteiger partial charge in [-0.1, -0.05) is 46.7 Å². The van der Waals surface area contributed by atoms with Crippen molar-refractivity contribution in [3.8, 4) is 11.1 Å². The van der Waals surface area contributed by atoms with E-state index >= 15 is 0 Å². The standard InChI is InChI=1S/C32H30N8O3/c1-38-13-15-39(16-14-38)31(42)22-11-12-25-26-17-23(18-27(30(41)36-37-33)29(26)35-28(25)19-22)20-7-9-21(10-8-20)32(43)40(34)24-5-3-2-4-6-24/h2-12,17-19,35H,13-16,34H2,1H3,(H2,33,36,41). The van der Waals surface area contributed by atoms with Crippen molar-refractivity contribution >= 4 is 45.2 Å². The van der Waals surface area contributed by atoms with Crippen LogP contribution in [0.2, 0.25) is 0 Å². The van der Waals surface area contributed by atoms with Gasteiger partial charge in [0.15, 0.2) is 0 Å². The first-order valence-corrected chi connectivity index (χ1v) is 13.8. The van der Waals surface area contributed by atoms with Crippen LogP contribution in [0, 0.1) is 0 Å². The molecule has 4 aromatic carbocycles. The average Bonchev–Trinajstić information content (AvgIpc) is 3.42. The molecule has 0 unspecified atom stereocenters. The van der Waals surface area contributed by atoms with Crippen LogP contribution in [0.25, 0.3) is 32.9 Å². The third-order valence-corrected chi connectivity index (χ3v) is 7.84. The smallest absolute Gasteiger partial charge is 0.299 e. The molecule has 1 aliphatic heterocycles. The topological polar surface area (TPSA) is 153 Å². The fraction of sp³-hybridized carbons (Fsp3) is 0.156. The molecule has 11 nitrogen and oxygen atoms in total. The molecular formula is C32H30N8O3. The summed E-state index contributed by atoms with van der Waals surface area (Å²) in [4.78, 5) is 46.6. The van der Waals surface area contributed by atoms with Crippen LogP contribution in [-0.4, -0.2) is 65.7 Å². The maximum atomic E-state index is 13.2. The Hall–Kier alpha value is -5.39. The fourth-order valence-corrected chi connectivity index (χ4v) is 5.42. The van der Waals surface area contributed by atoms with Crippen molar-refractivity contribution in [3.05, 3.63) is 102 Å². The highest BCUT2D eigenvalue weighted by Crippen LogP contribution is 2.34. The number of benzene rings is 4. The van der Waals surface area contributed by atoms with Gasteiger partial charge in [-0.15, -0.1) is 0 Å². The van der Waals surface area contributed by atoms with Gasteiger partial charge in [0.25, 0.3) is 17.7 Å². The minimum absolute atomic E-state index is 0.0273. The molecule has 1 aromatic heterocycles. The molecule has 0 aliphatic carbocycles. The van der Waals surface area contributed by atoms with Gasteiger partial charge in [-0.05, 0) is 66.7 Å². The molecule has 1 fully saturated rings. The summed E-state index contributed by atoms with van der Waals surface area (Å²) in [6, 6.07) is 25.2. The number of nitrogens with zero attached hydrogens (tertiary/aromatic N) is 5. The minimum atomic E-state index is -0.608. The number of carbonyl (C=O) groups excluding carboxylic acids is 3. The summed E-state index contributed by atoms with van der Waals surface area (Å²) in [5.41, 5.74) is 4.63. The highest BCUT2D eigenvalue weighted by Gasteiger charge is 2.22. The number of aromatic amines is 1. The molecule has 0 radical (unpaired) electrons. The van der Waals surface area contributed by atoms with Crippen molar-refractivity contribution in [2.75, 3.05) is 38.2 Å². The first-order chi connectivity index (χ1) is 20.8. The Morgan fingerprint density at radius 2 is 1.51 bits per heavy atom. The molecule has 5 N–H and O–H groups in total. The zero-order valence-electron chi connectivity index (χ0n) is 23.5. The van der Waals surface area contributed by atoms with Gasteiger partial charge in [-0.3, -0.25) is 14.4 Å². The number of hydrazine groups is 1. The van der Waals surface area contributed by atoms with Crippen LogP contribution < -0.4 is 16.7 Å². The van der Waals surface area contributed by atoms with Gasteiger partial charge in [0.05, 0.1) is 16.8 Å². The van der Waals surface area contributed by atoms with Crippen LogP contribution >= 0.6 is 0 Å². The normalized spacial score (nSPS) is 14.0. The summed E-state index contributed by atoms with van der Waals surface area (Å²) in [5, 5.41) is 9.48. The highest BCUT2D eigenvalue weighted by molar-refractivity contribution is 6.17. The van der Waals surface area contributed by atoms with Crippen molar-refractivity contribution in [2.24, 2.45) is 22.0 Å². The van der Waals surface area contributed by atoms with Crippen LogP contribution in [0.15, 0.2) is 95.3 Å². The first kappa shape index (κ1) is 27.8. The number of hydrogen-bond donors (Lipinski definition) is 3. The number of hydrogen-bond acceptors (Lipinski definition) is 6. The Balaban J connectivity index is 1.37. The van der Waals surface area contributed by atoms with E-state index in [-0.39, 0.29) is 17.4 Å². The van der Waals surface area contributed by atoms with Gasteiger partial charge in [0.1, 0.15) is 0 Å². The highest BCUT2D eigenvalue weighted by atomic mass is 16.2. The van der Waals surface area contributed by atoms with Gasteiger partial charge in [0.2, 0.25) is 0 Å². The molecular weight excluding hydrogens is 544 g/mol. The van der Waals surface area contributed by atoms with Crippen LogP contribution in [0.3, 0.4) is 0 Å². The molecule has 43 heavy (non-hydrogen) atoms. The summed E-state index contributed by atoms with van der Waals surface area (Å²) in [5.74, 6) is 10.3. The SMILES string of the molecule is CN1CCN(C(=O)c2ccc3c(c2)[nH]c2c(C(=O)N=NN)cc(-c4ccc(C(=O)N(N)c5ccccc5)cc4)cc23)CC1. The van der Waals surface area contributed by atoms with E-state index < -0.39 is 5.91 Å². The minimum Gasteiger partial charge on any atom is -0.354 e. The number of aromatic nitrogens is 1. The second-order valence-corrected chi connectivity index (χ2v) is 10.5. The van der Waals surface area contributed by atoms with E-state index in [1.807, 2.05) is 54.4 Å². The van der Waals surface area contributed by atoms with Crippen molar-refractivity contribution in [2.45, 2.75) is 0 Å². The summed E-state index contributed by atoms with van der Waals surface area (Å²) >= 11 is 0.